The highest BCUT2D eigenvalue weighted by Crippen LogP contribution is 2.25. The number of nitrogens with two attached hydrogens (primary N) is 1. The van der Waals surface area contributed by atoms with Crippen LogP contribution < -0.4 is 11.1 Å². The molecule has 0 bridgehead atoms. The molecule has 0 saturated carbocycles. The smallest absolute Gasteiger partial charge is 0.259 e. The van der Waals surface area contributed by atoms with E-state index >= 15 is 0 Å². The lowest BCUT2D eigenvalue weighted by molar-refractivity contribution is 0.102. The number of benzene rings is 1. The van der Waals surface area contributed by atoms with Gasteiger partial charge >= 0.3 is 0 Å². The summed E-state index contributed by atoms with van der Waals surface area (Å²) in [4.78, 5) is 16.6. The number of amides is 1. The van der Waals surface area contributed by atoms with Crippen molar-refractivity contribution in [1.82, 2.24) is 4.98 Å². The fraction of sp³-hybridized carbons (Fsp3) is 0.0769. The Balaban J connectivity index is 2.28. The lowest BCUT2D eigenvalue weighted by Crippen LogP contribution is -2.15. The number of hydrogen-bond donors (Lipinski definition) is 2. The van der Waals surface area contributed by atoms with Crippen molar-refractivity contribution >= 4 is 29.2 Å². The maximum atomic E-state index is 13.1. The molecular formula is C13H12FN3OS. The van der Waals surface area contributed by atoms with Crippen molar-refractivity contribution in [3.8, 4) is 0 Å². The zero-order chi connectivity index (χ0) is 13.8. The molecule has 0 aliphatic carbocycles. The van der Waals surface area contributed by atoms with Crippen LogP contribution in [0.1, 0.15) is 10.4 Å². The highest BCUT2D eigenvalue weighted by atomic mass is 32.2. The number of nitrogens with zero attached hydrogens (tertiary/aromatic N) is 1. The molecule has 1 heterocycles. The number of halogens is 1. The van der Waals surface area contributed by atoms with E-state index in [1.54, 1.807) is 6.07 Å². The number of pyridine rings is 1. The van der Waals surface area contributed by atoms with E-state index in [-0.39, 0.29) is 11.4 Å². The first-order valence-corrected chi connectivity index (χ1v) is 6.69. The molecule has 0 unspecified atom stereocenters. The number of nitrogens with one attached hydrogen (secondary N) is 1. The number of hydrogen-bond acceptors (Lipinski definition) is 4. The summed E-state index contributed by atoms with van der Waals surface area (Å²) in [6.45, 7) is 0. The summed E-state index contributed by atoms with van der Waals surface area (Å²) < 4.78 is 13.1. The number of aromatic nitrogens is 1. The van der Waals surface area contributed by atoms with Gasteiger partial charge in [-0.15, -0.1) is 11.8 Å². The van der Waals surface area contributed by atoms with E-state index in [1.807, 2.05) is 24.5 Å². The standard InChI is InChI=1S/C13H12FN3OS/c1-19-11-5-3-2-4-10(11)17-13(18)9-6-8(14)7-16-12(9)15/h2-7H,1H3,(H2,15,16)(H,17,18). The first kappa shape index (κ1) is 13.4. The molecule has 0 radical (unpaired) electrons. The molecule has 2 aromatic rings. The molecule has 0 fully saturated rings. The maximum Gasteiger partial charge on any atom is 0.259 e. The average molecular weight is 277 g/mol. The molecule has 2 rings (SSSR count). The fourth-order valence-corrected chi connectivity index (χ4v) is 2.12. The largest absolute Gasteiger partial charge is 0.383 e. The van der Waals surface area contributed by atoms with E-state index in [0.29, 0.717) is 5.69 Å². The molecule has 0 aliphatic heterocycles. The predicted octanol–water partition coefficient (Wildman–Crippen LogP) is 2.78. The number of thioether (sulfide) groups is 1. The number of para-hydroxylation sites is 1. The van der Waals surface area contributed by atoms with Gasteiger partial charge in [0.15, 0.2) is 0 Å². The lowest BCUT2D eigenvalue weighted by Gasteiger charge is -2.10. The van der Waals surface area contributed by atoms with Crippen molar-refractivity contribution in [2.75, 3.05) is 17.3 Å². The minimum atomic E-state index is -0.600. The van der Waals surface area contributed by atoms with Crippen LogP contribution >= 0.6 is 11.8 Å². The van der Waals surface area contributed by atoms with Crippen LogP contribution in [0.5, 0.6) is 0 Å². The van der Waals surface area contributed by atoms with Crippen LogP contribution in [0, 0.1) is 5.82 Å². The monoisotopic (exact) mass is 277 g/mol. The van der Waals surface area contributed by atoms with Gasteiger partial charge in [-0.1, -0.05) is 12.1 Å². The number of carbonyl (C=O) groups is 1. The minimum absolute atomic E-state index is 0.000493. The molecule has 1 aromatic heterocycles. The third-order valence-corrected chi connectivity index (χ3v) is 3.28. The summed E-state index contributed by atoms with van der Waals surface area (Å²) in [5.74, 6) is -1.08. The second-order valence-electron chi connectivity index (χ2n) is 3.74. The molecule has 6 heteroatoms. The molecule has 1 amide bonds. The topological polar surface area (TPSA) is 68.0 Å². The van der Waals surface area contributed by atoms with Gasteiger partial charge in [0.1, 0.15) is 11.6 Å². The Labute approximate surface area is 114 Å². The van der Waals surface area contributed by atoms with E-state index in [4.69, 9.17) is 5.73 Å². The molecule has 0 aliphatic rings. The normalized spacial score (nSPS) is 10.2. The van der Waals surface area contributed by atoms with Crippen molar-refractivity contribution in [2.24, 2.45) is 0 Å². The number of carbonyl (C=O) groups excluding carboxylic acids is 1. The van der Waals surface area contributed by atoms with E-state index in [1.165, 1.54) is 11.8 Å². The summed E-state index contributed by atoms with van der Waals surface area (Å²) in [6, 6.07) is 8.40. The van der Waals surface area contributed by atoms with Crippen LogP contribution in [0.3, 0.4) is 0 Å². The number of anilines is 2. The van der Waals surface area contributed by atoms with Gasteiger partial charge in [-0.2, -0.15) is 0 Å². The van der Waals surface area contributed by atoms with Gasteiger partial charge in [0.25, 0.3) is 5.91 Å². The second-order valence-corrected chi connectivity index (χ2v) is 4.59. The van der Waals surface area contributed by atoms with Crippen LogP contribution in [-0.4, -0.2) is 17.1 Å². The Morgan fingerprint density at radius 2 is 2.16 bits per heavy atom. The van der Waals surface area contributed by atoms with Gasteiger partial charge in [-0.3, -0.25) is 4.79 Å². The molecule has 3 N–H and O–H groups in total. The summed E-state index contributed by atoms with van der Waals surface area (Å²) >= 11 is 1.50. The zero-order valence-corrected chi connectivity index (χ0v) is 11.0. The summed E-state index contributed by atoms with van der Waals surface area (Å²) in [7, 11) is 0. The highest BCUT2D eigenvalue weighted by Gasteiger charge is 2.13. The van der Waals surface area contributed by atoms with Crippen LogP contribution in [0.4, 0.5) is 15.9 Å². The Morgan fingerprint density at radius 3 is 2.89 bits per heavy atom. The summed E-state index contributed by atoms with van der Waals surface area (Å²) in [6.07, 6.45) is 2.88. The van der Waals surface area contributed by atoms with E-state index in [2.05, 4.69) is 10.3 Å². The first-order chi connectivity index (χ1) is 9.11. The lowest BCUT2D eigenvalue weighted by atomic mass is 10.2. The van der Waals surface area contributed by atoms with Crippen molar-refractivity contribution in [3.63, 3.8) is 0 Å². The number of rotatable bonds is 3. The van der Waals surface area contributed by atoms with Gasteiger partial charge in [0.05, 0.1) is 17.4 Å². The van der Waals surface area contributed by atoms with Crippen LogP contribution in [0.2, 0.25) is 0 Å². The summed E-state index contributed by atoms with van der Waals surface area (Å²) in [5, 5.41) is 2.70. The van der Waals surface area contributed by atoms with Crippen LogP contribution in [0.25, 0.3) is 0 Å². The minimum Gasteiger partial charge on any atom is -0.383 e. The summed E-state index contributed by atoms with van der Waals surface area (Å²) in [5.41, 5.74) is 6.25. The highest BCUT2D eigenvalue weighted by molar-refractivity contribution is 7.98. The van der Waals surface area contributed by atoms with Crippen molar-refractivity contribution in [3.05, 3.63) is 47.9 Å². The fourth-order valence-electron chi connectivity index (χ4n) is 1.57. The Bertz CT molecular complexity index is 619. The van der Waals surface area contributed by atoms with Crippen LogP contribution in [0.15, 0.2) is 41.4 Å². The average Bonchev–Trinajstić information content (AvgIpc) is 2.42. The van der Waals surface area contributed by atoms with Crippen LogP contribution in [-0.2, 0) is 0 Å². The molecule has 4 nitrogen and oxygen atoms in total. The third-order valence-electron chi connectivity index (χ3n) is 2.48. The first-order valence-electron chi connectivity index (χ1n) is 5.47. The van der Waals surface area contributed by atoms with E-state index in [9.17, 15) is 9.18 Å². The van der Waals surface area contributed by atoms with Crippen molar-refractivity contribution in [1.29, 1.82) is 0 Å². The second kappa shape index (κ2) is 5.71. The molecule has 0 atom stereocenters. The third kappa shape index (κ3) is 3.03. The molecular weight excluding hydrogens is 265 g/mol. The van der Waals surface area contributed by atoms with Crippen molar-refractivity contribution < 1.29 is 9.18 Å². The molecule has 0 saturated heterocycles. The zero-order valence-electron chi connectivity index (χ0n) is 10.2. The van der Waals surface area contributed by atoms with E-state index < -0.39 is 11.7 Å². The SMILES string of the molecule is CSc1ccccc1NC(=O)c1cc(F)cnc1N. The van der Waals surface area contributed by atoms with Gasteiger partial charge in [0.2, 0.25) is 0 Å². The molecule has 1 aromatic carbocycles. The van der Waals surface area contributed by atoms with Gasteiger partial charge in [-0.05, 0) is 24.5 Å². The van der Waals surface area contributed by atoms with Gasteiger partial charge in [-0.25, -0.2) is 9.37 Å². The van der Waals surface area contributed by atoms with Gasteiger partial charge < -0.3 is 11.1 Å². The van der Waals surface area contributed by atoms with Crippen molar-refractivity contribution in [2.45, 2.75) is 4.90 Å². The number of nitrogen functional groups attached to an aromatic ring is 1. The predicted molar refractivity (Wildman–Crippen MR) is 74.8 cm³/mol. The quantitative estimate of drug-likeness (QED) is 0.846. The maximum absolute atomic E-state index is 13.1. The molecule has 0 spiro atoms. The van der Waals surface area contributed by atoms with Gasteiger partial charge in [0, 0.05) is 4.90 Å². The van der Waals surface area contributed by atoms with E-state index in [0.717, 1.165) is 17.2 Å². The molecule has 19 heavy (non-hydrogen) atoms. The Morgan fingerprint density at radius 1 is 1.42 bits per heavy atom. The Hall–Kier alpha value is -2.08. The Kier molecular flexibility index (Phi) is 4.01. The molecule has 98 valence electrons.